The van der Waals surface area contributed by atoms with Gasteiger partial charge in [0.05, 0.1) is 10.6 Å². The molecule has 3 rings (SSSR count). The lowest BCUT2D eigenvalue weighted by atomic mass is 10.1. The molecule has 7 nitrogen and oxygen atoms in total. The zero-order chi connectivity index (χ0) is 28.6. The molecule has 2 amide bonds. The summed E-state index contributed by atoms with van der Waals surface area (Å²) in [5.41, 5.74) is 2.92. The fraction of sp³-hybridized carbons (Fsp3) is 0.333. The van der Waals surface area contributed by atoms with E-state index < -0.39 is 28.5 Å². The van der Waals surface area contributed by atoms with Crippen molar-refractivity contribution in [2.45, 2.75) is 58.0 Å². The topological polar surface area (TPSA) is 86.8 Å². The van der Waals surface area contributed by atoms with Crippen molar-refractivity contribution in [3.63, 3.8) is 0 Å². The van der Waals surface area contributed by atoms with Gasteiger partial charge in [0.1, 0.15) is 12.6 Å². The summed E-state index contributed by atoms with van der Waals surface area (Å²) in [5, 5.41) is 3.39. The zero-order valence-electron chi connectivity index (χ0n) is 22.9. The van der Waals surface area contributed by atoms with Crippen molar-refractivity contribution < 1.29 is 18.0 Å². The highest BCUT2D eigenvalue weighted by molar-refractivity contribution is 7.92. The lowest BCUT2D eigenvalue weighted by Crippen LogP contribution is -2.51. The predicted octanol–water partition coefficient (Wildman–Crippen LogP) is 5.35. The van der Waals surface area contributed by atoms with Crippen LogP contribution in [-0.4, -0.2) is 44.3 Å². The molecule has 0 aliphatic rings. The Morgan fingerprint density at radius 3 is 2.21 bits per heavy atom. The smallest absolute Gasteiger partial charge is 0.264 e. The van der Waals surface area contributed by atoms with Gasteiger partial charge >= 0.3 is 0 Å². The summed E-state index contributed by atoms with van der Waals surface area (Å²) < 4.78 is 29.1. The van der Waals surface area contributed by atoms with Gasteiger partial charge in [-0.25, -0.2) is 8.42 Å². The normalized spacial score (nSPS) is 12.0. The largest absolute Gasteiger partial charge is 0.354 e. The molecule has 0 aliphatic heterocycles. The van der Waals surface area contributed by atoms with Gasteiger partial charge in [-0.2, -0.15) is 0 Å². The molecule has 0 saturated heterocycles. The number of para-hydroxylation sites is 1. The molecule has 0 unspecified atom stereocenters. The van der Waals surface area contributed by atoms with Crippen molar-refractivity contribution in [3.05, 3.63) is 94.5 Å². The fourth-order valence-corrected chi connectivity index (χ4v) is 5.75. The van der Waals surface area contributed by atoms with E-state index in [1.807, 2.05) is 32.9 Å². The molecule has 0 radical (unpaired) electrons. The number of hydrogen-bond acceptors (Lipinski definition) is 4. The van der Waals surface area contributed by atoms with E-state index >= 15 is 0 Å². The number of rotatable bonds is 12. The first kappa shape index (κ1) is 30.2. The van der Waals surface area contributed by atoms with Crippen molar-refractivity contribution in [1.82, 2.24) is 10.2 Å². The van der Waals surface area contributed by atoms with Crippen LogP contribution in [0.25, 0.3) is 0 Å². The summed E-state index contributed by atoms with van der Waals surface area (Å²) in [6.07, 6.45) is 1.33. The van der Waals surface area contributed by atoms with Crippen LogP contribution in [-0.2, 0) is 32.6 Å². The van der Waals surface area contributed by atoms with Gasteiger partial charge in [0.2, 0.25) is 11.8 Å². The van der Waals surface area contributed by atoms with E-state index in [0.717, 1.165) is 27.4 Å². The van der Waals surface area contributed by atoms with Gasteiger partial charge < -0.3 is 10.2 Å². The first-order valence-electron chi connectivity index (χ1n) is 13.1. The average molecular weight is 570 g/mol. The van der Waals surface area contributed by atoms with Crippen molar-refractivity contribution in [2.24, 2.45) is 0 Å². The molecule has 0 spiro atoms. The summed E-state index contributed by atoms with van der Waals surface area (Å²) in [6.45, 7) is 7.53. The van der Waals surface area contributed by atoms with Crippen LogP contribution >= 0.6 is 11.6 Å². The van der Waals surface area contributed by atoms with E-state index in [1.165, 1.54) is 4.90 Å². The third-order valence-electron chi connectivity index (χ3n) is 6.51. The first-order chi connectivity index (χ1) is 18.6. The lowest BCUT2D eigenvalue weighted by Gasteiger charge is -2.32. The number of nitrogens with zero attached hydrogens (tertiary/aromatic N) is 2. The molecule has 0 aromatic heterocycles. The Labute approximate surface area is 236 Å². The molecule has 208 valence electrons. The second-order valence-corrected chi connectivity index (χ2v) is 11.7. The molecule has 39 heavy (non-hydrogen) atoms. The van der Waals surface area contributed by atoms with Crippen LogP contribution in [0.3, 0.4) is 0 Å². The van der Waals surface area contributed by atoms with Crippen LogP contribution < -0.4 is 9.62 Å². The Balaban J connectivity index is 2.05. The monoisotopic (exact) mass is 569 g/mol. The molecule has 1 atom stereocenters. The Bertz CT molecular complexity index is 1380. The van der Waals surface area contributed by atoms with Gasteiger partial charge in [0.25, 0.3) is 10.0 Å². The maximum absolute atomic E-state index is 14.0. The number of carbonyl (C=O) groups excluding carboxylic acids is 2. The third kappa shape index (κ3) is 7.61. The molecule has 0 bridgehead atoms. The van der Waals surface area contributed by atoms with Crippen molar-refractivity contribution in [1.29, 1.82) is 0 Å². The van der Waals surface area contributed by atoms with E-state index in [0.29, 0.717) is 23.7 Å². The second kappa shape index (κ2) is 13.6. The molecule has 3 aromatic rings. The van der Waals surface area contributed by atoms with Crippen molar-refractivity contribution in [2.75, 3.05) is 17.4 Å². The van der Waals surface area contributed by atoms with Crippen LogP contribution in [0.1, 0.15) is 43.9 Å². The van der Waals surface area contributed by atoms with E-state index in [1.54, 1.807) is 67.6 Å². The lowest BCUT2D eigenvalue weighted by molar-refractivity contribution is -0.139. The number of anilines is 1. The second-order valence-electron chi connectivity index (χ2n) is 9.42. The molecule has 9 heteroatoms. The van der Waals surface area contributed by atoms with Crippen LogP contribution in [0.5, 0.6) is 0 Å². The van der Waals surface area contributed by atoms with Gasteiger partial charge in [-0.1, -0.05) is 73.5 Å². The van der Waals surface area contributed by atoms with Crippen molar-refractivity contribution >= 4 is 39.1 Å². The molecule has 0 saturated carbocycles. The number of amides is 2. The van der Waals surface area contributed by atoms with Crippen LogP contribution in [0, 0.1) is 6.92 Å². The highest BCUT2D eigenvalue weighted by Crippen LogP contribution is 2.28. The zero-order valence-corrected chi connectivity index (χ0v) is 24.4. The van der Waals surface area contributed by atoms with Crippen LogP contribution in [0.4, 0.5) is 5.69 Å². The number of sulfonamides is 1. The minimum atomic E-state index is -4.10. The summed E-state index contributed by atoms with van der Waals surface area (Å²) in [5.74, 6) is -0.799. The van der Waals surface area contributed by atoms with E-state index in [-0.39, 0.29) is 17.3 Å². The molecule has 0 aliphatic carbocycles. The summed E-state index contributed by atoms with van der Waals surface area (Å²) in [4.78, 5) is 28.4. The number of benzene rings is 3. The maximum atomic E-state index is 14.0. The number of hydrogen-bond donors (Lipinski definition) is 1. The van der Waals surface area contributed by atoms with Crippen molar-refractivity contribution in [3.8, 4) is 0 Å². The van der Waals surface area contributed by atoms with Gasteiger partial charge in [0.15, 0.2) is 0 Å². The third-order valence-corrected chi connectivity index (χ3v) is 8.54. The Morgan fingerprint density at radius 1 is 0.949 bits per heavy atom. The molecule has 3 aromatic carbocycles. The van der Waals surface area contributed by atoms with Gasteiger partial charge in [-0.05, 0) is 68.1 Å². The quantitative estimate of drug-likeness (QED) is 0.318. The number of nitrogens with one attached hydrogen (secondary N) is 1. The Kier molecular flexibility index (Phi) is 10.5. The Hall–Kier alpha value is -3.36. The highest BCUT2D eigenvalue weighted by atomic mass is 35.5. The molecule has 0 fully saturated rings. The van der Waals surface area contributed by atoms with E-state index in [9.17, 15) is 18.0 Å². The highest BCUT2D eigenvalue weighted by Gasteiger charge is 2.33. The van der Waals surface area contributed by atoms with E-state index in [4.69, 9.17) is 11.6 Å². The van der Waals surface area contributed by atoms with Gasteiger partial charge in [0, 0.05) is 18.1 Å². The first-order valence-corrected chi connectivity index (χ1v) is 14.9. The Morgan fingerprint density at radius 2 is 1.59 bits per heavy atom. The van der Waals surface area contributed by atoms with E-state index in [2.05, 4.69) is 5.32 Å². The molecule has 0 heterocycles. The maximum Gasteiger partial charge on any atom is 0.264 e. The minimum Gasteiger partial charge on any atom is -0.354 e. The molecule has 1 N–H and O–H groups in total. The van der Waals surface area contributed by atoms with Gasteiger partial charge in [-0.3, -0.25) is 13.9 Å². The average Bonchev–Trinajstić information content (AvgIpc) is 2.93. The summed E-state index contributed by atoms with van der Waals surface area (Å²) in [6, 6.07) is 19.9. The fourth-order valence-electron chi connectivity index (χ4n) is 4.17. The standard InChI is InChI=1S/C30H36ClN3O4S/c1-5-19-32-30(36)23(4)33(20-24-13-15-26(31)16-14-24)29(35)21-34(28-10-8-7-9-25(28)6-2)39(37,38)27-17-11-22(3)12-18-27/h7-18,23H,5-6,19-21H2,1-4H3,(H,32,36)/t23-/m1/s1. The molecular formula is C30H36ClN3O4S. The molecular weight excluding hydrogens is 534 g/mol. The SMILES string of the molecule is CCCNC(=O)[C@@H](C)N(Cc1ccc(Cl)cc1)C(=O)CN(c1ccccc1CC)S(=O)(=O)c1ccc(C)cc1. The number of aryl methyl sites for hydroxylation is 2. The summed E-state index contributed by atoms with van der Waals surface area (Å²) in [7, 11) is -4.10. The van der Waals surface area contributed by atoms with Gasteiger partial charge in [-0.15, -0.1) is 0 Å². The summed E-state index contributed by atoms with van der Waals surface area (Å²) >= 11 is 6.05. The number of halogens is 1. The van der Waals surface area contributed by atoms with Crippen LogP contribution in [0.15, 0.2) is 77.7 Å². The van der Waals surface area contributed by atoms with Crippen LogP contribution in [0.2, 0.25) is 5.02 Å². The number of carbonyl (C=O) groups is 2. The minimum absolute atomic E-state index is 0.0878. The predicted molar refractivity (Wildman–Crippen MR) is 156 cm³/mol.